The molecule has 29 heavy (non-hydrogen) atoms. The molecular weight excluding hydrogens is 485 g/mol. The highest BCUT2D eigenvalue weighted by Gasteiger charge is 2.26. The molecule has 3 N–H and O–H groups in total. The molecule has 0 spiro atoms. The lowest BCUT2D eigenvalue weighted by Gasteiger charge is -2.19. The monoisotopic (exact) mass is 523 g/mol. The lowest BCUT2D eigenvalue weighted by Crippen LogP contribution is -2.39. The van der Waals surface area contributed by atoms with Crippen molar-refractivity contribution in [2.24, 2.45) is 4.99 Å². The van der Waals surface area contributed by atoms with Crippen molar-refractivity contribution in [3.8, 4) is 0 Å². The molecule has 0 saturated heterocycles. The van der Waals surface area contributed by atoms with E-state index in [1.807, 2.05) is 27.7 Å². The number of nitrogens with one attached hydrogen (secondary N) is 2. The lowest BCUT2D eigenvalue weighted by molar-refractivity contribution is -0.154. The number of unbranched alkanes of at least 4 members (excludes halogenated alkanes) is 3. The predicted molar refractivity (Wildman–Crippen MR) is 127 cm³/mol. The first kappa shape index (κ1) is 27.7. The minimum Gasteiger partial charge on any atom is -0.466 e. The van der Waals surface area contributed by atoms with Gasteiger partial charge in [0, 0.05) is 19.5 Å². The fraction of sp³-hybridized carbons (Fsp3) is 0.714. The Morgan fingerprint density at radius 1 is 1.17 bits per heavy atom. The number of carbonyl (C=O) groups excluding carboxylic acids is 1. The largest absolute Gasteiger partial charge is 0.466 e. The summed E-state index contributed by atoms with van der Waals surface area (Å²) < 4.78 is 10.6. The molecule has 0 amide bonds. The molecule has 0 fully saturated rings. The van der Waals surface area contributed by atoms with Crippen LogP contribution in [0.15, 0.2) is 27.8 Å². The van der Waals surface area contributed by atoms with Crippen LogP contribution in [0.4, 0.5) is 0 Å². The van der Waals surface area contributed by atoms with Gasteiger partial charge >= 0.3 is 5.97 Å². The Kier molecular flexibility index (Phi) is 13.2. The van der Waals surface area contributed by atoms with Gasteiger partial charge in [-0.3, -0.25) is 4.79 Å². The van der Waals surface area contributed by atoms with Gasteiger partial charge in [-0.2, -0.15) is 0 Å². The molecular formula is C21H38IN3O4. The smallest absolute Gasteiger partial charge is 0.306 e. The van der Waals surface area contributed by atoms with Crippen molar-refractivity contribution in [3.63, 3.8) is 0 Å². The van der Waals surface area contributed by atoms with Crippen LogP contribution in [0.3, 0.4) is 0 Å². The molecule has 1 rings (SSSR count). The summed E-state index contributed by atoms with van der Waals surface area (Å²) in [5.41, 5.74) is -1.56. The quantitative estimate of drug-likeness (QED) is 0.134. The van der Waals surface area contributed by atoms with E-state index in [0.29, 0.717) is 18.1 Å². The van der Waals surface area contributed by atoms with E-state index in [1.54, 1.807) is 25.3 Å². The Hall–Kier alpha value is -1.29. The van der Waals surface area contributed by atoms with Gasteiger partial charge < -0.3 is 24.9 Å². The standard InChI is InChI=1S/C21H37N3O4.HI/c1-6-22-19(24-16-21(5,26)17-12-11-15-27-17)23-14-10-8-7-9-13-18(25)28-20(2,3)4;/h11-12,15,26H,6-10,13-14,16H2,1-5H3,(H2,22,23,24);1H. The van der Waals surface area contributed by atoms with E-state index in [4.69, 9.17) is 9.15 Å². The van der Waals surface area contributed by atoms with Crippen molar-refractivity contribution < 1.29 is 19.1 Å². The number of nitrogens with zero attached hydrogens (tertiary/aromatic N) is 1. The van der Waals surface area contributed by atoms with Crippen molar-refractivity contribution >= 4 is 35.9 Å². The summed E-state index contributed by atoms with van der Waals surface area (Å²) in [5.74, 6) is 1.04. The predicted octanol–water partition coefficient (Wildman–Crippen LogP) is 3.95. The van der Waals surface area contributed by atoms with Gasteiger partial charge in [0.25, 0.3) is 0 Å². The third-order valence-electron chi connectivity index (χ3n) is 3.96. The number of aliphatic hydroxyl groups is 1. The Bertz CT molecular complexity index is 596. The van der Waals surface area contributed by atoms with Crippen molar-refractivity contribution in [3.05, 3.63) is 24.2 Å². The minimum atomic E-state index is -1.15. The molecule has 0 aliphatic carbocycles. The van der Waals surface area contributed by atoms with E-state index >= 15 is 0 Å². The van der Waals surface area contributed by atoms with Crippen molar-refractivity contribution in [2.45, 2.75) is 77.9 Å². The molecule has 0 aliphatic heterocycles. The molecule has 0 bridgehead atoms. The highest BCUT2D eigenvalue weighted by atomic mass is 127. The number of guanidine groups is 1. The zero-order valence-corrected chi connectivity index (χ0v) is 20.7. The molecule has 168 valence electrons. The lowest BCUT2D eigenvalue weighted by atomic mass is 10.0. The molecule has 1 atom stereocenters. The minimum absolute atomic E-state index is 0. The fourth-order valence-corrected chi connectivity index (χ4v) is 2.58. The van der Waals surface area contributed by atoms with Crippen LogP contribution >= 0.6 is 24.0 Å². The molecule has 7 nitrogen and oxygen atoms in total. The number of halogens is 1. The molecule has 0 aromatic carbocycles. The molecule has 0 saturated carbocycles. The van der Waals surface area contributed by atoms with Gasteiger partial charge in [-0.15, -0.1) is 24.0 Å². The van der Waals surface area contributed by atoms with Crippen molar-refractivity contribution in [1.29, 1.82) is 0 Å². The Morgan fingerprint density at radius 2 is 1.86 bits per heavy atom. The molecule has 8 heteroatoms. The number of hydrogen-bond acceptors (Lipinski definition) is 5. The highest BCUT2D eigenvalue weighted by molar-refractivity contribution is 14.0. The van der Waals surface area contributed by atoms with E-state index in [9.17, 15) is 9.90 Å². The van der Waals surface area contributed by atoms with Crippen LogP contribution in [-0.2, 0) is 15.1 Å². The van der Waals surface area contributed by atoms with Gasteiger partial charge in [0.2, 0.25) is 0 Å². The van der Waals surface area contributed by atoms with Crippen LogP contribution in [0.1, 0.15) is 72.5 Å². The number of ether oxygens (including phenoxy) is 1. The summed E-state index contributed by atoms with van der Waals surface area (Å²) in [6, 6.07) is 3.49. The second kappa shape index (κ2) is 13.8. The topological polar surface area (TPSA) is 96.1 Å². The molecule has 1 aromatic heterocycles. The van der Waals surface area contributed by atoms with E-state index in [-0.39, 0.29) is 36.5 Å². The average molecular weight is 523 g/mol. The number of aliphatic imine (C=N–C) groups is 1. The van der Waals surface area contributed by atoms with Crippen molar-refractivity contribution in [2.75, 3.05) is 19.6 Å². The summed E-state index contributed by atoms with van der Waals surface area (Å²) in [4.78, 5) is 16.1. The zero-order valence-electron chi connectivity index (χ0n) is 18.4. The molecule has 1 aromatic rings. The Morgan fingerprint density at radius 3 is 2.45 bits per heavy atom. The van der Waals surface area contributed by atoms with Gasteiger partial charge in [0.15, 0.2) is 5.96 Å². The third kappa shape index (κ3) is 12.8. The van der Waals surface area contributed by atoms with Gasteiger partial charge in [-0.25, -0.2) is 4.99 Å². The Labute approximate surface area is 192 Å². The van der Waals surface area contributed by atoms with Crippen molar-refractivity contribution in [1.82, 2.24) is 10.6 Å². The van der Waals surface area contributed by atoms with E-state index < -0.39 is 11.2 Å². The fourth-order valence-electron chi connectivity index (χ4n) is 2.58. The number of rotatable bonds is 11. The zero-order chi connectivity index (χ0) is 21.0. The summed E-state index contributed by atoms with van der Waals surface area (Å²) >= 11 is 0. The van der Waals surface area contributed by atoms with Gasteiger partial charge in [-0.05, 0) is 59.6 Å². The number of furan rings is 1. The van der Waals surface area contributed by atoms with Gasteiger partial charge in [0.05, 0.1) is 12.8 Å². The van der Waals surface area contributed by atoms with Gasteiger partial charge in [0.1, 0.15) is 17.0 Å². The van der Waals surface area contributed by atoms with E-state index in [0.717, 1.165) is 38.8 Å². The van der Waals surface area contributed by atoms with E-state index in [1.165, 1.54) is 0 Å². The number of hydrogen-bond donors (Lipinski definition) is 3. The SMILES string of the molecule is CCNC(=NCC(C)(O)c1ccco1)NCCCCCCC(=O)OC(C)(C)C.I. The third-order valence-corrected chi connectivity index (χ3v) is 3.96. The second-order valence-corrected chi connectivity index (χ2v) is 8.12. The first-order chi connectivity index (χ1) is 13.1. The van der Waals surface area contributed by atoms with Crippen LogP contribution in [0, 0.1) is 0 Å². The number of carbonyl (C=O) groups is 1. The molecule has 0 aliphatic rings. The molecule has 1 heterocycles. The summed E-state index contributed by atoms with van der Waals surface area (Å²) in [6.45, 7) is 11.1. The maximum absolute atomic E-state index is 11.7. The molecule has 0 radical (unpaired) electrons. The van der Waals surface area contributed by atoms with Crippen LogP contribution in [0.2, 0.25) is 0 Å². The summed E-state index contributed by atoms with van der Waals surface area (Å²) in [5, 5.41) is 16.9. The first-order valence-corrected chi connectivity index (χ1v) is 10.1. The van der Waals surface area contributed by atoms with E-state index in [2.05, 4.69) is 15.6 Å². The maximum atomic E-state index is 11.7. The van der Waals surface area contributed by atoms with Crippen LogP contribution in [0.25, 0.3) is 0 Å². The summed E-state index contributed by atoms with van der Waals surface area (Å²) in [6.07, 6.45) is 5.85. The average Bonchev–Trinajstić information content (AvgIpc) is 3.12. The maximum Gasteiger partial charge on any atom is 0.306 e. The van der Waals surface area contributed by atoms with Gasteiger partial charge in [-0.1, -0.05) is 12.8 Å². The van der Waals surface area contributed by atoms with Crippen LogP contribution < -0.4 is 10.6 Å². The Balaban J connectivity index is 0.00000784. The molecule has 1 unspecified atom stereocenters. The number of esters is 1. The first-order valence-electron chi connectivity index (χ1n) is 10.1. The normalized spacial score (nSPS) is 13.9. The summed E-state index contributed by atoms with van der Waals surface area (Å²) in [7, 11) is 0. The van der Waals surface area contributed by atoms with Crippen LogP contribution in [-0.4, -0.2) is 42.3 Å². The second-order valence-electron chi connectivity index (χ2n) is 8.12. The van der Waals surface area contributed by atoms with Crippen LogP contribution in [0.5, 0.6) is 0 Å². The highest BCUT2D eigenvalue weighted by Crippen LogP contribution is 2.21.